The third kappa shape index (κ3) is 2.60. The highest BCUT2D eigenvalue weighted by Crippen LogP contribution is 2.61. The van der Waals surface area contributed by atoms with Gasteiger partial charge in [0.1, 0.15) is 5.75 Å². The molecule has 23 heavy (non-hydrogen) atoms. The van der Waals surface area contributed by atoms with Crippen molar-refractivity contribution in [1.82, 2.24) is 4.98 Å². The average molecular weight is 324 g/mol. The summed E-state index contributed by atoms with van der Waals surface area (Å²) in [7, 11) is 0. The molecule has 1 aliphatic rings. The zero-order valence-electron chi connectivity index (χ0n) is 11.7. The Morgan fingerprint density at radius 1 is 1.17 bits per heavy atom. The first kappa shape index (κ1) is 15.3. The molecule has 0 aliphatic heterocycles. The number of halogens is 3. The molecule has 1 heterocycles. The summed E-state index contributed by atoms with van der Waals surface area (Å²) in [6.45, 7) is 0. The number of rotatable bonds is 4. The number of alkyl halides is 3. The molecule has 1 saturated carbocycles. The molecule has 2 aromatic rings. The van der Waals surface area contributed by atoms with Crippen LogP contribution < -0.4 is 4.74 Å². The van der Waals surface area contributed by atoms with Crippen LogP contribution in [0.2, 0.25) is 0 Å². The summed E-state index contributed by atoms with van der Waals surface area (Å²) in [5.41, 5.74) is -2.36. The maximum atomic E-state index is 13.3. The standard InChI is InChI=1S/C15H11F3N2O3/c16-15(17,18)14(7-8-14)10-4-1-2-6-12(10)23-13-11(20(21)22)5-3-9-19-13/h1-6,9H,7-8H2. The van der Waals surface area contributed by atoms with Crippen LogP contribution in [0.15, 0.2) is 42.6 Å². The van der Waals surface area contributed by atoms with Crippen molar-refractivity contribution in [2.24, 2.45) is 0 Å². The van der Waals surface area contributed by atoms with E-state index in [-0.39, 0.29) is 30.0 Å². The van der Waals surface area contributed by atoms with Gasteiger partial charge in [-0.15, -0.1) is 0 Å². The summed E-state index contributed by atoms with van der Waals surface area (Å²) in [6.07, 6.45) is -3.17. The van der Waals surface area contributed by atoms with E-state index in [9.17, 15) is 23.3 Å². The van der Waals surface area contributed by atoms with Gasteiger partial charge in [-0.2, -0.15) is 13.2 Å². The first-order valence-corrected chi connectivity index (χ1v) is 6.79. The molecular weight excluding hydrogens is 313 g/mol. The summed E-state index contributed by atoms with van der Waals surface area (Å²) in [5, 5.41) is 11.0. The second-order valence-corrected chi connectivity index (χ2v) is 5.26. The van der Waals surface area contributed by atoms with E-state index < -0.39 is 22.2 Å². The van der Waals surface area contributed by atoms with Crippen molar-refractivity contribution in [2.75, 3.05) is 0 Å². The maximum absolute atomic E-state index is 13.3. The maximum Gasteiger partial charge on any atom is 0.398 e. The predicted octanol–water partition coefficient (Wildman–Crippen LogP) is 4.38. The van der Waals surface area contributed by atoms with Crippen LogP contribution in [0.5, 0.6) is 11.6 Å². The Morgan fingerprint density at radius 3 is 2.48 bits per heavy atom. The van der Waals surface area contributed by atoms with Crippen LogP contribution in [-0.4, -0.2) is 16.1 Å². The number of hydrogen-bond acceptors (Lipinski definition) is 4. The van der Waals surface area contributed by atoms with E-state index in [1.54, 1.807) is 0 Å². The van der Waals surface area contributed by atoms with Gasteiger partial charge in [0.25, 0.3) is 5.88 Å². The zero-order chi connectivity index (χ0) is 16.7. The molecule has 0 N–H and O–H groups in total. The second kappa shape index (κ2) is 5.22. The number of pyridine rings is 1. The topological polar surface area (TPSA) is 65.3 Å². The Kier molecular flexibility index (Phi) is 3.46. The van der Waals surface area contributed by atoms with E-state index in [1.807, 2.05) is 0 Å². The largest absolute Gasteiger partial charge is 0.433 e. The molecule has 1 fully saturated rings. The van der Waals surface area contributed by atoms with Crippen LogP contribution >= 0.6 is 0 Å². The summed E-state index contributed by atoms with van der Waals surface area (Å²) < 4.78 is 45.4. The molecule has 0 bridgehead atoms. The number of hydrogen-bond donors (Lipinski definition) is 0. The fourth-order valence-electron chi connectivity index (χ4n) is 2.49. The number of ether oxygens (including phenoxy) is 1. The predicted molar refractivity (Wildman–Crippen MR) is 74.4 cm³/mol. The van der Waals surface area contributed by atoms with Crippen LogP contribution in [0.25, 0.3) is 0 Å². The zero-order valence-corrected chi connectivity index (χ0v) is 11.7. The number of nitrogens with zero attached hydrogens (tertiary/aromatic N) is 2. The lowest BCUT2D eigenvalue weighted by molar-refractivity contribution is -0.386. The van der Waals surface area contributed by atoms with Crippen molar-refractivity contribution in [2.45, 2.75) is 24.4 Å². The lowest BCUT2D eigenvalue weighted by atomic mass is 9.94. The lowest BCUT2D eigenvalue weighted by Crippen LogP contribution is -2.29. The molecular formula is C15H11F3N2O3. The highest BCUT2D eigenvalue weighted by atomic mass is 19.4. The van der Waals surface area contributed by atoms with E-state index in [0.29, 0.717) is 0 Å². The minimum Gasteiger partial charge on any atom is -0.433 e. The number of para-hydroxylation sites is 1. The van der Waals surface area contributed by atoms with Gasteiger partial charge in [0.2, 0.25) is 0 Å². The van der Waals surface area contributed by atoms with Crippen LogP contribution in [-0.2, 0) is 5.41 Å². The van der Waals surface area contributed by atoms with E-state index in [0.717, 1.165) is 0 Å². The highest BCUT2D eigenvalue weighted by Gasteiger charge is 2.65. The van der Waals surface area contributed by atoms with Crippen molar-refractivity contribution in [1.29, 1.82) is 0 Å². The highest BCUT2D eigenvalue weighted by molar-refractivity contribution is 5.49. The fraction of sp³-hybridized carbons (Fsp3) is 0.267. The molecule has 3 rings (SSSR count). The van der Waals surface area contributed by atoms with Gasteiger partial charge < -0.3 is 4.74 Å². The Balaban J connectivity index is 2.02. The molecule has 1 aliphatic carbocycles. The fourth-order valence-corrected chi connectivity index (χ4v) is 2.49. The molecule has 8 heteroatoms. The van der Waals surface area contributed by atoms with Crippen LogP contribution in [0.1, 0.15) is 18.4 Å². The Hall–Kier alpha value is -2.64. The summed E-state index contributed by atoms with van der Waals surface area (Å²) >= 11 is 0. The normalized spacial score (nSPS) is 16.0. The Morgan fingerprint density at radius 2 is 1.87 bits per heavy atom. The van der Waals surface area contributed by atoms with Gasteiger partial charge in [-0.25, -0.2) is 4.98 Å². The quantitative estimate of drug-likeness (QED) is 0.618. The van der Waals surface area contributed by atoms with E-state index >= 15 is 0 Å². The van der Waals surface area contributed by atoms with Crippen molar-refractivity contribution < 1.29 is 22.8 Å². The molecule has 0 radical (unpaired) electrons. The molecule has 0 atom stereocenters. The number of aromatic nitrogens is 1. The molecule has 0 spiro atoms. The van der Waals surface area contributed by atoms with Gasteiger partial charge >= 0.3 is 11.9 Å². The van der Waals surface area contributed by atoms with Crippen LogP contribution in [0.4, 0.5) is 18.9 Å². The van der Waals surface area contributed by atoms with Crippen molar-refractivity contribution in [3.05, 3.63) is 58.3 Å². The monoisotopic (exact) mass is 324 g/mol. The van der Waals surface area contributed by atoms with Gasteiger partial charge in [-0.3, -0.25) is 10.1 Å². The summed E-state index contributed by atoms with van der Waals surface area (Å²) in [4.78, 5) is 14.0. The lowest BCUT2D eigenvalue weighted by Gasteiger charge is -2.22. The molecule has 120 valence electrons. The van der Waals surface area contributed by atoms with Crippen molar-refractivity contribution >= 4 is 5.69 Å². The number of benzene rings is 1. The molecule has 0 saturated heterocycles. The van der Waals surface area contributed by atoms with Gasteiger partial charge in [0.15, 0.2) is 0 Å². The van der Waals surface area contributed by atoms with Crippen LogP contribution in [0, 0.1) is 10.1 Å². The molecule has 1 aromatic heterocycles. The summed E-state index contributed by atoms with van der Waals surface area (Å²) in [6, 6.07) is 8.24. The third-order valence-corrected chi connectivity index (χ3v) is 3.85. The average Bonchev–Trinajstić information content (AvgIpc) is 3.29. The Bertz CT molecular complexity index is 758. The number of nitro groups is 1. The minimum atomic E-state index is -4.40. The second-order valence-electron chi connectivity index (χ2n) is 5.26. The molecule has 0 unspecified atom stereocenters. The van der Waals surface area contributed by atoms with Gasteiger partial charge in [0.05, 0.1) is 10.3 Å². The minimum absolute atomic E-state index is 0.0209. The van der Waals surface area contributed by atoms with E-state index in [4.69, 9.17) is 4.74 Å². The van der Waals surface area contributed by atoms with Crippen molar-refractivity contribution in [3.8, 4) is 11.6 Å². The van der Waals surface area contributed by atoms with E-state index in [1.165, 1.54) is 42.6 Å². The third-order valence-electron chi connectivity index (χ3n) is 3.85. The SMILES string of the molecule is O=[N+]([O-])c1cccnc1Oc1ccccc1C1(C(F)(F)F)CC1. The smallest absolute Gasteiger partial charge is 0.398 e. The van der Waals surface area contributed by atoms with Gasteiger partial charge in [0, 0.05) is 17.8 Å². The van der Waals surface area contributed by atoms with E-state index in [2.05, 4.69) is 4.98 Å². The first-order chi connectivity index (χ1) is 10.8. The Labute approximate surface area is 128 Å². The van der Waals surface area contributed by atoms with Crippen LogP contribution in [0.3, 0.4) is 0 Å². The molecule has 0 amide bonds. The first-order valence-electron chi connectivity index (χ1n) is 6.79. The van der Waals surface area contributed by atoms with Gasteiger partial charge in [-0.1, -0.05) is 18.2 Å². The molecule has 1 aromatic carbocycles. The molecule has 5 nitrogen and oxygen atoms in total. The summed E-state index contributed by atoms with van der Waals surface area (Å²) in [5.74, 6) is -0.396. The van der Waals surface area contributed by atoms with Crippen molar-refractivity contribution in [3.63, 3.8) is 0 Å². The van der Waals surface area contributed by atoms with Gasteiger partial charge in [-0.05, 0) is 25.0 Å².